The monoisotopic (exact) mass is 568 g/mol. The molecule has 39 heavy (non-hydrogen) atoms. The minimum atomic E-state index is -1.38. The molecule has 0 spiro atoms. The summed E-state index contributed by atoms with van der Waals surface area (Å²) in [6, 6.07) is 18.6. The summed E-state index contributed by atoms with van der Waals surface area (Å²) in [7, 11) is 0. The molecule has 5 rings (SSSR count). The summed E-state index contributed by atoms with van der Waals surface area (Å²) in [5.41, 5.74) is 1.45. The fraction of sp³-hybridized carbons (Fsp3) is 0.107. The molecule has 1 aliphatic heterocycles. The lowest BCUT2D eigenvalue weighted by atomic mass is 10.0. The Balaban J connectivity index is 1.28. The van der Waals surface area contributed by atoms with Crippen molar-refractivity contribution in [2.24, 2.45) is 0 Å². The van der Waals surface area contributed by atoms with E-state index in [2.05, 4.69) is 10.3 Å². The van der Waals surface area contributed by atoms with Crippen molar-refractivity contribution in [1.29, 1.82) is 0 Å². The molecule has 1 amide bonds. The van der Waals surface area contributed by atoms with E-state index in [4.69, 9.17) is 42.5 Å². The van der Waals surface area contributed by atoms with Crippen LogP contribution in [0.4, 0.5) is 15.0 Å². The predicted octanol–water partition coefficient (Wildman–Crippen LogP) is 7.76. The van der Waals surface area contributed by atoms with Crippen molar-refractivity contribution in [3.05, 3.63) is 99.8 Å². The first-order valence-corrected chi connectivity index (χ1v) is 12.4. The van der Waals surface area contributed by atoms with Crippen LogP contribution in [0.25, 0.3) is 11.3 Å². The molecule has 0 aliphatic carbocycles. The summed E-state index contributed by atoms with van der Waals surface area (Å²) in [6.07, 6.45) is -1.69. The van der Waals surface area contributed by atoms with Crippen molar-refractivity contribution in [1.82, 2.24) is 4.98 Å². The summed E-state index contributed by atoms with van der Waals surface area (Å²) < 4.78 is 30.7. The van der Waals surface area contributed by atoms with Gasteiger partial charge >= 0.3 is 6.16 Å². The largest absolute Gasteiger partial charge is 0.506 e. The van der Waals surface area contributed by atoms with Gasteiger partial charge in [0, 0.05) is 34.2 Å². The van der Waals surface area contributed by atoms with Crippen LogP contribution in [0.2, 0.25) is 10.0 Å². The highest BCUT2D eigenvalue weighted by Gasteiger charge is 2.27. The van der Waals surface area contributed by atoms with Crippen LogP contribution in [0, 0.1) is 5.82 Å². The molecule has 1 aromatic heterocycles. The lowest BCUT2D eigenvalue weighted by Gasteiger charge is -2.25. The number of carboxylic acid groups (broad SMARTS) is 1. The van der Waals surface area contributed by atoms with Crippen LogP contribution in [-0.2, 0) is 4.74 Å². The number of aromatic nitrogens is 1. The summed E-state index contributed by atoms with van der Waals surface area (Å²) in [4.78, 5) is 28.1. The van der Waals surface area contributed by atoms with E-state index in [1.165, 1.54) is 12.1 Å². The van der Waals surface area contributed by atoms with Gasteiger partial charge in [-0.1, -0.05) is 29.3 Å². The van der Waals surface area contributed by atoms with Crippen molar-refractivity contribution in [2.45, 2.75) is 12.5 Å². The molecule has 1 unspecified atom stereocenters. The molecule has 1 aliphatic rings. The summed E-state index contributed by atoms with van der Waals surface area (Å²) in [6.45, 7) is 0.280. The second kappa shape index (κ2) is 11.2. The van der Waals surface area contributed by atoms with Gasteiger partial charge in [-0.05, 0) is 60.7 Å². The number of ether oxygens (including phenoxy) is 3. The van der Waals surface area contributed by atoms with Gasteiger partial charge in [0.15, 0.2) is 0 Å². The quantitative estimate of drug-likeness (QED) is 0.229. The van der Waals surface area contributed by atoms with Crippen LogP contribution in [-0.4, -0.2) is 28.8 Å². The summed E-state index contributed by atoms with van der Waals surface area (Å²) >= 11 is 12.2. The number of hydrogen-bond donors (Lipinski definition) is 2. The Kier molecular flexibility index (Phi) is 7.53. The van der Waals surface area contributed by atoms with Crippen LogP contribution < -0.4 is 14.8 Å². The van der Waals surface area contributed by atoms with Crippen molar-refractivity contribution in [3.63, 3.8) is 0 Å². The Hall–Kier alpha value is -4.34. The van der Waals surface area contributed by atoms with Crippen LogP contribution in [0.1, 0.15) is 28.4 Å². The van der Waals surface area contributed by atoms with Crippen LogP contribution in [0.15, 0.2) is 72.8 Å². The second-order valence-electron chi connectivity index (χ2n) is 8.44. The van der Waals surface area contributed by atoms with Crippen LogP contribution in [0.5, 0.6) is 17.2 Å². The van der Waals surface area contributed by atoms with Gasteiger partial charge in [0.05, 0.1) is 17.3 Å². The SMILES string of the molecule is O=C(O)OC1CCOc2cc(Oc3ccc(C(=O)Nc4cccc(-c5ccc(Cl)cc5F)n4)cc3)c(Cl)cc21. The maximum Gasteiger partial charge on any atom is 0.506 e. The number of nitrogens with zero attached hydrogens (tertiary/aromatic N) is 1. The highest BCUT2D eigenvalue weighted by Crippen LogP contribution is 2.42. The number of carbonyl (C=O) groups is 2. The van der Waals surface area contributed by atoms with E-state index in [9.17, 15) is 14.0 Å². The fourth-order valence-corrected chi connectivity index (χ4v) is 4.39. The van der Waals surface area contributed by atoms with E-state index in [1.807, 2.05) is 0 Å². The van der Waals surface area contributed by atoms with Crippen molar-refractivity contribution < 1.29 is 33.3 Å². The molecule has 0 saturated heterocycles. The smallest absolute Gasteiger partial charge is 0.493 e. The molecule has 3 aromatic carbocycles. The van der Waals surface area contributed by atoms with Gasteiger partial charge in [0.2, 0.25) is 0 Å². The van der Waals surface area contributed by atoms with E-state index in [0.29, 0.717) is 40.5 Å². The van der Waals surface area contributed by atoms with Crippen LogP contribution in [0.3, 0.4) is 0 Å². The van der Waals surface area contributed by atoms with E-state index in [-0.39, 0.29) is 28.0 Å². The number of carbonyl (C=O) groups excluding carboxylic acids is 1. The normalized spacial score (nSPS) is 14.1. The third-order valence-corrected chi connectivity index (χ3v) is 6.36. The number of nitrogens with one attached hydrogen (secondary N) is 1. The summed E-state index contributed by atoms with van der Waals surface area (Å²) in [5.74, 6) is 0.412. The molecule has 4 aromatic rings. The molecule has 11 heteroatoms. The number of anilines is 1. The first-order chi connectivity index (χ1) is 18.8. The van der Waals surface area contributed by atoms with Crippen molar-refractivity contribution in [3.8, 4) is 28.5 Å². The standard InChI is InChI=1S/C28H19Cl2FN2O6/c29-16-6-9-18(21(31)12-16)22-2-1-3-26(32-22)33-27(34)15-4-7-17(8-5-15)38-25-14-24-19(13-20(25)30)23(10-11-37-24)39-28(35)36/h1-9,12-14,23H,10-11H2,(H,35,36)(H,32,33,34). The van der Waals surface area contributed by atoms with E-state index in [0.717, 1.165) is 0 Å². The number of pyridine rings is 1. The van der Waals surface area contributed by atoms with Gasteiger partial charge in [0.1, 0.15) is 35.0 Å². The highest BCUT2D eigenvalue weighted by atomic mass is 35.5. The lowest BCUT2D eigenvalue weighted by Crippen LogP contribution is -2.18. The minimum Gasteiger partial charge on any atom is -0.493 e. The number of benzene rings is 3. The number of amides is 1. The Morgan fingerprint density at radius 1 is 1.05 bits per heavy atom. The Morgan fingerprint density at radius 3 is 2.59 bits per heavy atom. The molecule has 0 bridgehead atoms. The van der Waals surface area contributed by atoms with Gasteiger partial charge in [-0.2, -0.15) is 0 Å². The number of hydrogen-bond acceptors (Lipinski definition) is 6. The van der Waals surface area contributed by atoms with Gasteiger partial charge in [-0.3, -0.25) is 4.79 Å². The van der Waals surface area contributed by atoms with Crippen LogP contribution >= 0.6 is 23.2 Å². The first-order valence-electron chi connectivity index (χ1n) is 11.6. The molecular weight excluding hydrogens is 550 g/mol. The fourth-order valence-electron chi connectivity index (χ4n) is 4.02. The van der Waals surface area contributed by atoms with Gasteiger partial charge in [0.25, 0.3) is 5.91 Å². The zero-order valence-electron chi connectivity index (χ0n) is 20.0. The molecule has 0 saturated carbocycles. The minimum absolute atomic E-state index is 0.239. The molecule has 0 radical (unpaired) electrons. The molecule has 0 fully saturated rings. The van der Waals surface area contributed by atoms with E-state index in [1.54, 1.807) is 60.7 Å². The average Bonchev–Trinajstić information content (AvgIpc) is 2.90. The molecular formula is C28H19Cl2FN2O6. The third kappa shape index (κ3) is 6.05. The summed E-state index contributed by atoms with van der Waals surface area (Å²) in [5, 5.41) is 12.2. The van der Waals surface area contributed by atoms with Crippen molar-refractivity contribution in [2.75, 3.05) is 11.9 Å². The van der Waals surface area contributed by atoms with Gasteiger partial charge < -0.3 is 24.6 Å². The Morgan fingerprint density at radius 2 is 1.85 bits per heavy atom. The zero-order chi connectivity index (χ0) is 27.5. The maximum atomic E-state index is 14.3. The predicted molar refractivity (Wildman–Crippen MR) is 143 cm³/mol. The Labute approximate surface area is 231 Å². The molecule has 1 atom stereocenters. The number of halogens is 3. The zero-order valence-corrected chi connectivity index (χ0v) is 21.5. The third-order valence-electron chi connectivity index (χ3n) is 5.83. The number of rotatable bonds is 6. The molecule has 2 N–H and O–H groups in total. The highest BCUT2D eigenvalue weighted by molar-refractivity contribution is 6.32. The lowest BCUT2D eigenvalue weighted by molar-refractivity contribution is 0.0326. The Bertz CT molecular complexity index is 1560. The van der Waals surface area contributed by atoms with E-state index >= 15 is 0 Å². The van der Waals surface area contributed by atoms with Gasteiger partial charge in [-0.15, -0.1) is 0 Å². The van der Waals surface area contributed by atoms with E-state index < -0.39 is 24.0 Å². The second-order valence-corrected chi connectivity index (χ2v) is 9.29. The number of fused-ring (bicyclic) bond motifs is 1. The van der Waals surface area contributed by atoms with Crippen molar-refractivity contribution >= 4 is 41.1 Å². The molecule has 8 nitrogen and oxygen atoms in total. The first kappa shape index (κ1) is 26.3. The average molecular weight is 569 g/mol. The van der Waals surface area contributed by atoms with Gasteiger partial charge in [-0.25, -0.2) is 14.2 Å². The maximum absolute atomic E-state index is 14.3. The molecule has 198 valence electrons. The topological polar surface area (TPSA) is 107 Å². The molecule has 2 heterocycles.